The van der Waals surface area contributed by atoms with E-state index in [1.165, 1.54) is 0 Å². The first-order chi connectivity index (χ1) is 12.4. The fourth-order valence-electron chi connectivity index (χ4n) is 2.70. The molecule has 1 aromatic carbocycles. The lowest BCUT2D eigenvalue weighted by Crippen LogP contribution is -2.27. The van der Waals surface area contributed by atoms with Gasteiger partial charge >= 0.3 is 0 Å². The van der Waals surface area contributed by atoms with Crippen LogP contribution in [0.3, 0.4) is 0 Å². The van der Waals surface area contributed by atoms with E-state index in [0.717, 1.165) is 17.0 Å². The Balaban J connectivity index is 1.90. The van der Waals surface area contributed by atoms with Crippen LogP contribution in [-0.4, -0.2) is 32.6 Å². The number of rotatable bonds is 4. The van der Waals surface area contributed by atoms with E-state index in [9.17, 15) is 4.79 Å². The average Bonchev–Trinajstić information content (AvgIpc) is 2.95. The van der Waals surface area contributed by atoms with Crippen molar-refractivity contribution in [3.05, 3.63) is 75.2 Å². The van der Waals surface area contributed by atoms with Crippen LogP contribution >= 0.6 is 23.2 Å². The van der Waals surface area contributed by atoms with Crippen LogP contribution in [0.1, 0.15) is 27.4 Å². The fraction of sp³-hybridized carbons (Fsp3) is 0.211. The molecular formula is C19H18Cl2N4O. The molecule has 1 amide bonds. The number of aromatic nitrogens is 3. The maximum atomic E-state index is 12.9. The molecule has 3 aromatic rings. The highest BCUT2D eigenvalue weighted by atomic mass is 35.5. The maximum absolute atomic E-state index is 12.9. The molecule has 0 spiro atoms. The predicted octanol–water partition coefficient (Wildman–Crippen LogP) is 4.46. The molecule has 7 heteroatoms. The Labute approximate surface area is 162 Å². The van der Waals surface area contributed by atoms with Crippen LogP contribution in [0, 0.1) is 13.8 Å². The van der Waals surface area contributed by atoms with Crippen LogP contribution in [0.25, 0.3) is 5.82 Å². The summed E-state index contributed by atoms with van der Waals surface area (Å²) >= 11 is 12.4. The zero-order valence-corrected chi connectivity index (χ0v) is 16.2. The molecule has 0 bridgehead atoms. The molecule has 2 heterocycles. The topological polar surface area (TPSA) is 51.0 Å². The van der Waals surface area contributed by atoms with Crippen molar-refractivity contribution in [3.63, 3.8) is 0 Å². The molecule has 0 unspecified atom stereocenters. The highest BCUT2D eigenvalue weighted by molar-refractivity contribution is 6.33. The summed E-state index contributed by atoms with van der Waals surface area (Å²) in [4.78, 5) is 18.8. The number of halogens is 2. The number of aryl methyl sites for hydroxylation is 2. The largest absolute Gasteiger partial charge is 0.336 e. The lowest BCUT2D eigenvalue weighted by Gasteiger charge is -2.18. The van der Waals surface area contributed by atoms with Gasteiger partial charge in [0.2, 0.25) is 0 Å². The van der Waals surface area contributed by atoms with E-state index >= 15 is 0 Å². The molecule has 2 aromatic heterocycles. The van der Waals surface area contributed by atoms with Gasteiger partial charge in [-0.3, -0.25) is 4.79 Å². The van der Waals surface area contributed by atoms with E-state index in [0.29, 0.717) is 22.4 Å². The highest BCUT2D eigenvalue weighted by Gasteiger charge is 2.19. The van der Waals surface area contributed by atoms with E-state index in [1.54, 1.807) is 34.8 Å². The number of amides is 1. The van der Waals surface area contributed by atoms with Crippen molar-refractivity contribution in [2.24, 2.45) is 0 Å². The van der Waals surface area contributed by atoms with Gasteiger partial charge in [0, 0.05) is 24.3 Å². The summed E-state index contributed by atoms with van der Waals surface area (Å²) in [5.41, 5.74) is 2.85. The van der Waals surface area contributed by atoms with Gasteiger partial charge in [-0.05, 0) is 43.7 Å². The second-order valence-electron chi connectivity index (χ2n) is 6.09. The molecule has 0 radical (unpaired) electrons. The molecule has 0 saturated carbocycles. The Morgan fingerprint density at radius 2 is 1.85 bits per heavy atom. The van der Waals surface area contributed by atoms with Gasteiger partial charge in [0.1, 0.15) is 5.69 Å². The fourth-order valence-corrected chi connectivity index (χ4v) is 3.08. The van der Waals surface area contributed by atoms with Gasteiger partial charge in [-0.2, -0.15) is 5.10 Å². The second-order valence-corrected chi connectivity index (χ2v) is 6.91. The third-order valence-electron chi connectivity index (χ3n) is 3.97. The van der Waals surface area contributed by atoms with Crippen LogP contribution in [0.2, 0.25) is 10.0 Å². The Kier molecular flexibility index (Phi) is 5.30. The van der Waals surface area contributed by atoms with Gasteiger partial charge in [0.15, 0.2) is 5.82 Å². The predicted molar refractivity (Wildman–Crippen MR) is 103 cm³/mol. The number of pyridine rings is 1. The van der Waals surface area contributed by atoms with Crippen LogP contribution in [-0.2, 0) is 6.54 Å². The lowest BCUT2D eigenvalue weighted by molar-refractivity contribution is 0.0779. The van der Waals surface area contributed by atoms with Crippen molar-refractivity contribution >= 4 is 29.1 Å². The summed E-state index contributed by atoms with van der Waals surface area (Å²) in [7, 11) is 1.69. The van der Waals surface area contributed by atoms with Gasteiger partial charge < -0.3 is 4.90 Å². The van der Waals surface area contributed by atoms with Gasteiger partial charge in [-0.25, -0.2) is 9.67 Å². The van der Waals surface area contributed by atoms with Gasteiger partial charge in [0.05, 0.1) is 10.7 Å². The van der Waals surface area contributed by atoms with E-state index < -0.39 is 0 Å². The van der Waals surface area contributed by atoms with Gasteiger partial charge in [-0.1, -0.05) is 41.4 Å². The molecule has 0 atom stereocenters. The molecule has 0 aliphatic carbocycles. The SMILES string of the molecule is Cc1cc(C)n(-c2ccc(Cl)c(C(=O)N(C)Cc3ccccc3Cl)n2)n1. The minimum absolute atomic E-state index is 0.186. The molecule has 0 fully saturated rings. The first-order valence-corrected chi connectivity index (χ1v) is 8.81. The Morgan fingerprint density at radius 3 is 2.50 bits per heavy atom. The molecule has 3 rings (SSSR count). The number of carbonyl (C=O) groups is 1. The Hall–Kier alpha value is -2.37. The molecule has 0 aliphatic heterocycles. The quantitative estimate of drug-likeness (QED) is 0.662. The number of hydrogen-bond donors (Lipinski definition) is 0. The van der Waals surface area contributed by atoms with Crippen LogP contribution in [0.5, 0.6) is 0 Å². The van der Waals surface area contributed by atoms with E-state index in [4.69, 9.17) is 23.2 Å². The first-order valence-electron chi connectivity index (χ1n) is 8.06. The van der Waals surface area contributed by atoms with Crippen molar-refractivity contribution in [1.82, 2.24) is 19.7 Å². The van der Waals surface area contributed by atoms with Crippen molar-refractivity contribution in [2.45, 2.75) is 20.4 Å². The molecule has 5 nitrogen and oxygen atoms in total. The second kappa shape index (κ2) is 7.48. The molecule has 0 aliphatic rings. The monoisotopic (exact) mass is 388 g/mol. The van der Waals surface area contributed by atoms with Gasteiger partial charge in [-0.15, -0.1) is 0 Å². The molecular weight excluding hydrogens is 371 g/mol. The Bertz CT molecular complexity index is 968. The number of nitrogens with zero attached hydrogens (tertiary/aromatic N) is 4. The standard InChI is InChI=1S/C19H18Cl2N4O/c1-12-10-13(2)25(23-12)17-9-8-16(21)18(22-17)19(26)24(3)11-14-6-4-5-7-15(14)20/h4-10H,11H2,1-3H3. The third kappa shape index (κ3) is 3.74. The minimum atomic E-state index is -0.279. The number of benzene rings is 1. The number of hydrogen-bond acceptors (Lipinski definition) is 3. The van der Waals surface area contributed by atoms with E-state index in [2.05, 4.69) is 10.1 Å². The van der Waals surface area contributed by atoms with E-state index in [-0.39, 0.29) is 11.6 Å². The lowest BCUT2D eigenvalue weighted by atomic mass is 10.2. The zero-order valence-electron chi connectivity index (χ0n) is 14.7. The number of carbonyl (C=O) groups excluding carboxylic acids is 1. The summed E-state index contributed by atoms with van der Waals surface area (Å²) in [6, 6.07) is 12.8. The Morgan fingerprint density at radius 1 is 1.12 bits per heavy atom. The zero-order chi connectivity index (χ0) is 18.8. The van der Waals surface area contributed by atoms with E-state index in [1.807, 2.05) is 38.1 Å². The van der Waals surface area contributed by atoms with Gasteiger partial charge in [0.25, 0.3) is 5.91 Å². The summed E-state index contributed by atoms with van der Waals surface area (Å²) in [5, 5.41) is 5.31. The normalized spacial score (nSPS) is 10.8. The van der Waals surface area contributed by atoms with Crippen LogP contribution in [0.15, 0.2) is 42.5 Å². The summed E-state index contributed by atoms with van der Waals surface area (Å²) in [6.45, 7) is 4.20. The molecule has 134 valence electrons. The average molecular weight is 389 g/mol. The first kappa shape index (κ1) is 18.4. The van der Waals surface area contributed by atoms with Crippen molar-refractivity contribution in [1.29, 1.82) is 0 Å². The third-order valence-corrected chi connectivity index (χ3v) is 4.65. The summed E-state index contributed by atoms with van der Waals surface area (Å²) < 4.78 is 1.69. The highest BCUT2D eigenvalue weighted by Crippen LogP contribution is 2.21. The molecule has 0 N–H and O–H groups in total. The molecule has 26 heavy (non-hydrogen) atoms. The molecule has 0 saturated heterocycles. The smallest absolute Gasteiger partial charge is 0.274 e. The van der Waals surface area contributed by atoms with Crippen molar-refractivity contribution < 1.29 is 4.79 Å². The summed E-state index contributed by atoms with van der Waals surface area (Å²) in [5.74, 6) is 0.271. The van der Waals surface area contributed by atoms with Crippen molar-refractivity contribution in [3.8, 4) is 5.82 Å². The van der Waals surface area contributed by atoms with Crippen molar-refractivity contribution in [2.75, 3.05) is 7.05 Å². The minimum Gasteiger partial charge on any atom is -0.336 e. The maximum Gasteiger partial charge on any atom is 0.274 e. The van der Waals surface area contributed by atoms with Crippen LogP contribution in [0.4, 0.5) is 0 Å². The summed E-state index contributed by atoms with van der Waals surface area (Å²) in [6.07, 6.45) is 0. The van der Waals surface area contributed by atoms with Crippen LogP contribution < -0.4 is 0 Å².